The summed E-state index contributed by atoms with van der Waals surface area (Å²) in [6, 6.07) is 33.9. The van der Waals surface area contributed by atoms with E-state index in [-0.39, 0.29) is 36.7 Å². The number of nitrogens with zero attached hydrogens (tertiary/aromatic N) is 1. The molecule has 5 N–H and O–H groups in total. The molecule has 1 aliphatic heterocycles. The van der Waals surface area contributed by atoms with Crippen LogP contribution < -0.4 is 16.4 Å². The van der Waals surface area contributed by atoms with Crippen LogP contribution in [0.4, 0.5) is 11.4 Å². The second kappa shape index (κ2) is 19.2. The Morgan fingerprint density at radius 3 is 2.12 bits per heavy atom. The number of benzene rings is 4. The summed E-state index contributed by atoms with van der Waals surface area (Å²) in [6.07, 6.45) is 4.14. The van der Waals surface area contributed by atoms with Crippen LogP contribution in [0.1, 0.15) is 98.1 Å². The molecule has 4 atom stereocenters. The SMILES string of the molecule is CC(c1ccccc1)N(C)CC1CC(c2ccc(CO)cc2)OC(c2ccc(CNC(=O)CCCCCCC(=O)Nc3ccccc3N)cc2)O1. The molecule has 4 aromatic rings. The molecule has 9 nitrogen and oxygen atoms in total. The Hall–Kier alpha value is -4.54. The molecule has 0 saturated carbocycles. The van der Waals surface area contributed by atoms with Gasteiger partial charge >= 0.3 is 0 Å². The van der Waals surface area contributed by atoms with Crippen LogP contribution in [0, 0.1) is 0 Å². The summed E-state index contributed by atoms with van der Waals surface area (Å²) < 4.78 is 13.1. The van der Waals surface area contributed by atoms with Gasteiger partial charge in [0.25, 0.3) is 0 Å². The Morgan fingerprint density at radius 1 is 0.804 bits per heavy atom. The first-order valence-corrected chi connectivity index (χ1v) is 18.0. The Kier molecular flexibility index (Phi) is 14.2. The Bertz CT molecular complexity index is 1670. The Morgan fingerprint density at radius 2 is 1.43 bits per heavy atom. The standard InChI is InChI=1S/C42H52N4O5/c1-30(33-12-6-5-7-13-33)46(2)28-36-26-39(34-22-20-32(29-47)21-23-34)51-42(50-36)35-24-18-31(19-25-35)27-44-40(48)16-8-3-4-9-17-41(49)45-38-15-11-10-14-37(38)43/h5-7,10-15,18-25,30,36,39,42,47H,3-4,8-9,16-17,26-29,43H2,1-2H3,(H,44,48)(H,45,49). The second-order valence-electron chi connectivity index (χ2n) is 13.4. The third-order valence-corrected chi connectivity index (χ3v) is 9.58. The highest BCUT2D eigenvalue weighted by atomic mass is 16.7. The molecule has 4 unspecified atom stereocenters. The maximum Gasteiger partial charge on any atom is 0.224 e. The Balaban J connectivity index is 1.08. The predicted octanol–water partition coefficient (Wildman–Crippen LogP) is 7.60. The smallest absolute Gasteiger partial charge is 0.224 e. The van der Waals surface area contributed by atoms with Crippen LogP contribution in [0.5, 0.6) is 0 Å². The van der Waals surface area contributed by atoms with Crippen LogP contribution >= 0.6 is 0 Å². The number of carbonyl (C=O) groups excluding carboxylic acids is 2. The molecule has 0 spiro atoms. The number of para-hydroxylation sites is 2. The summed E-state index contributed by atoms with van der Waals surface area (Å²) in [6.45, 7) is 3.40. The summed E-state index contributed by atoms with van der Waals surface area (Å²) in [4.78, 5) is 27.1. The lowest BCUT2D eigenvalue weighted by molar-refractivity contribution is -0.253. The van der Waals surface area contributed by atoms with Gasteiger partial charge in [-0.2, -0.15) is 0 Å². The average molecular weight is 693 g/mol. The first-order chi connectivity index (χ1) is 24.8. The summed E-state index contributed by atoms with van der Waals surface area (Å²) in [5.41, 5.74) is 12.2. The molecule has 1 aliphatic rings. The number of nitrogens with two attached hydrogens (primary N) is 1. The fraction of sp³-hybridized carbons (Fsp3) is 0.381. The van der Waals surface area contributed by atoms with Crippen molar-refractivity contribution in [2.75, 3.05) is 24.6 Å². The molecule has 5 rings (SSSR count). The predicted molar refractivity (Wildman–Crippen MR) is 201 cm³/mol. The zero-order valence-electron chi connectivity index (χ0n) is 29.8. The molecule has 51 heavy (non-hydrogen) atoms. The second-order valence-corrected chi connectivity index (χ2v) is 13.4. The zero-order chi connectivity index (χ0) is 36.0. The van der Waals surface area contributed by atoms with E-state index in [1.54, 1.807) is 12.1 Å². The molecule has 1 heterocycles. The number of hydrogen-bond donors (Lipinski definition) is 4. The lowest BCUT2D eigenvalue weighted by atomic mass is 9.99. The molecule has 9 heteroatoms. The number of nitrogens with one attached hydrogen (secondary N) is 2. The number of anilines is 2. The Labute approximate surface area is 302 Å². The summed E-state index contributed by atoms with van der Waals surface area (Å²) in [7, 11) is 2.13. The van der Waals surface area contributed by atoms with Crippen LogP contribution in [0.2, 0.25) is 0 Å². The van der Waals surface area contributed by atoms with Crippen molar-refractivity contribution in [3.8, 4) is 0 Å². The van der Waals surface area contributed by atoms with Crippen molar-refractivity contribution in [2.45, 2.75) is 89.6 Å². The lowest BCUT2D eigenvalue weighted by Gasteiger charge is -2.39. The molecule has 0 bridgehead atoms. The van der Waals surface area contributed by atoms with E-state index < -0.39 is 6.29 Å². The van der Waals surface area contributed by atoms with E-state index in [4.69, 9.17) is 15.2 Å². The third-order valence-electron chi connectivity index (χ3n) is 9.58. The van der Waals surface area contributed by atoms with Crippen molar-refractivity contribution in [3.05, 3.63) is 131 Å². The molecule has 0 aromatic heterocycles. The molecule has 0 radical (unpaired) electrons. The number of carbonyl (C=O) groups is 2. The highest BCUT2D eigenvalue weighted by Crippen LogP contribution is 2.38. The molecular formula is C42H52N4O5. The number of amides is 2. The van der Waals surface area contributed by atoms with E-state index in [1.807, 2.05) is 66.7 Å². The largest absolute Gasteiger partial charge is 0.397 e. The van der Waals surface area contributed by atoms with E-state index in [9.17, 15) is 14.7 Å². The van der Waals surface area contributed by atoms with Gasteiger partial charge in [0.1, 0.15) is 0 Å². The molecule has 4 aromatic carbocycles. The normalized spacial score (nSPS) is 17.9. The molecule has 1 fully saturated rings. The molecule has 270 valence electrons. The zero-order valence-corrected chi connectivity index (χ0v) is 29.8. The highest BCUT2D eigenvalue weighted by molar-refractivity contribution is 5.93. The molecule has 1 saturated heterocycles. The fourth-order valence-electron chi connectivity index (χ4n) is 6.33. The molecule has 2 amide bonds. The third kappa shape index (κ3) is 11.5. The van der Waals surface area contributed by atoms with Gasteiger partial charge in [-0.25, -0.2) is 0 Å². The van der Waals surface area contributed by atoms with Crippen molar-refractivity contribution in [1.82, 2.24) is 10.2 Å². The number of nitrogen functional groups attached to an aromatic ring is 1. The minimum Gasteiger partial charge on any atom is -0.397 e. The maximum atomic E-state index is 12.5. The van der Waals surface area contributed by atoms with Gasteiger partial charge in [0.15, 0.2) is 6.29 Å². The number of unbranched alkanes of at least 4 members (excludes halogenated alkanes) is 3. The van der Waals surface area contributed by atoms with Gasteiger partial charge in [-0.05, 0) is 61.2 Å². The van der Waals surface area contributed by atoms with Crippen molar-refractivity contribution in [1.29, 1.82) is 0 Å². The minimum atomic E-state index is -0.544. The maximum absolute atomic E-state index is 12.5. The van der Waals surface area contributed by atoms with Gasteiger partial charge in [-0.1, -0.05) is 104 Å². The summed E-state index contributed by atoms with van der Waals surface area (Å²) in [5.74, 6) is -0.0328. The number of rotatable bonds is 17. The van der Waals surface area contributed by atoms with Gasteiger partial charge in [0, 0.05) is 44.0 Å². The number of aliphatic hydroxyl groups excluding tert-OH is 1. The number of ether oxygens (including phenoxy) is 2. The molecular weight excluding hydrogens is 640 g/mol. The van der Waals surface area contributed by atoms with Crippen LogP contribution in [0.25, 0.3) is 0 Å². The van der Waals surface area contributed by atoms with E-state index in [2.05, 4.69) is 53.8 Å². The van der Waals surface area contributed by atoms with Crippen molar-refractivity contribution in [2.24, 2.45) is 0 Å². The first-order valence-electron chi connectivity index (χ1n) is 18.0. The molecule has 0 aliphatic carbocycles. The van der Waals surface area contributed by atoms with E-state index in [0.717, 1.165) is 54.5 Å². The highest BCUT2D eigenvalue weighted by Gasteiger charge is 2.33. The first kappa shape index (κ1) is 37.7. The minimum absolute atomic E-state index is 0.00310. The lowest BCUT2D eigenvalue weighted by Crippen LogP contribution is -2.38. The quantitative estimate of drug-likeness (QED) is 0.0664. The number of hydrogen-bond acceptors (Lipinski definition) is 7. The van der Waals surface area contributed by atoms with Crippen LogP contribution in [0.15, 0.2) is 103 Å². The van der Waals surface area contributed by atoms with Crippen LogP contribution in [-0.4, -0.2) is 41.5 Å². The number of aliphatic hydroxyl groups is 1. The van der Waals surface area contributed by atoms with Crippen LogP contribution in [-0.2, 0) is 32.2 Å². The average Bonchev–Trinajstić information content (AvgIpc) is 3.16. The fourth-order valence-corrected chi connectivity index (χ4v) is 6.33. The van der Waals surface area contributed by atoms with Gasteiger partial charge < -0.3 is 30.9 Å². The van der Waals surface area contributed by atoms with E-state index >= 15 is 0 Å². The monoisotopic (exact) mass is 692 g/mol. The van der Waals surface area contributed by atoms with Gasteiger partial charge in [0.05, 0.1) is 30.2 Å². The van der Waals surface area contributed by atoms with E-state index in [0.29, 0.717) is 37.2 Å². The van der Waals surface area contributed by atoms with Crippen molar-refractivity contribution < 1.29 is 24.2 Å². The van der Waals surface area contributed by atoms with Crippen LogP contribution in [0.3, 0.4) is 0 Å². The van der Waals surface area contributed by atoms with Crippen molar-refractivity contribution >= 4 is 23.2 Å². The topological polar surface area (TPSA) is 126 Å². The van der Waals surface area contributed by atoms with Gasteiger partial charge in [-0.15, -0.1) is 0 Å². The van der Waals surface area contributed by atoms with Gasteiger partial charge in [-0.3, -0.25) is 14.5 Å². The number of likely N-dealkylation sites (N-methyl/N-ethyl adjacent to an activating group) is 1. The van der Waals surface area contributed by atoms with E-state index in [1.165, 1.54) is 5.56 Å². The summed E-state index contributed by atoms with van der Waals surface area (Å²) >= 11 is 0. The van der Waals surface area contributed by atoms with Crippen molar-refractivity contribution in [3.63, 3.8) is 0 Å². The summed E-state index contributed by atoms with van der Waals surface area (Å²) in [5, 5.41) is 15.4. The van der Waals surface area contributed by atoms with Gasteiger partial charge in [0.2, 0.25) is 11.8 Å².